The van der Waals surface area contributed by atoms with Crippen LogP contribution in [0.4, 0.5) is 5.69 Å². The largest absolute Gasteiger partial charge is 0.325 e. The van der Waals surface area contributed by atoms with Crippen LogP contribution in [0, 0.1) is 6.92 Å². The zero-order valence-electron chi connectivity index (χ0n) is 18.2. The molecule has 0 unspecified atom stereocenters. The Bertz CT molecular complexity index is 1160. The zero-order valence-corrected chi connectivity index (χ0v) is 19.0. The van der Waals surface area contributed by atoms with Gasteiger partial charge in [-0.05, 0) is 37.1 Å². The number of anilines is 1. The van der Waals surface area contributed by atoms with E-state index < -0.39 is 5.25 Å². The van der Waals surface area contributed by atoms with Crippen molar-refractivity contribution in [2.45, 2.75) is 37.2 Å². The summed E-state index contributed by atoms with van der Waals surface area (Å²) in [4.78, 5) is 13.3. The van der Waals surface area contributed by atoms with Crippen molar-refractivity contribution in [2.24, 2.45) is 0 Å². The van der Waals surface area contributed by atoms with E-state index in [2.05, 4.69) is 39.1 Å². The molecular formula is C26H26N4OS. The van der Waals surface area contributed by atoms with Gasteiger partial charge in [-0.2, -0.15) is 0 Å². The van der Waals surface area contributed by atoms with Gasteiger partial charge in [-0.1, -0.05) is 90.1 Å². The van der Waals surface area contributed by atoms with E-state index in [4.69, 9.17) is 0 Å². The van der Waals surface area contributed by atoms with Crippen LogP contribution in [0.15, 0.2) is 90.1 Å². The van der Waals surface area contributed by atoms with Gasteiger partial charge in [-0.3, -0.25) is 4.79 Å². The molecule has 5 nitrogen and oxygen atoms in total. The molecule has 1 aromatic heterocycles. The number of thioether (sulfide) groups is 1. The molecule has 162 valence electrons. The van der Waals surface area contributed by atoms with Gasteiger partial charge in [0.15, 0.2) is 5.16 Å². The number of hydrogen-bond donors (Lipinski definition) is 1. The first-order chi connectivity index (χ1) is 15.6. The zero-order chi connectivity index (χ0) is 22.3. The molecule has 32 heavy (non-hydrogen) atoms. The lowest BCUT2D eigenvalue weighted by Crippen LogP contribution is -2.19. The molecule has 0 spiro atoms. The van der Waals surface area contributed by atoms with E-state index in [1.807, 2.05) is 79.7 Å². The molecule has 3 aromatic carbocycles. The molecule has 4 aromatic rings. The molecule has 1 N–H and O–H groups in total. The molecule has 0 bridgehead atoms. The summed E-state index contributed by atoms with van der Waals surface area (Å²) in [6.45, 7) is 4.84. The highest BCUT2D eigenvalue weighted by Crippen LogP contribution is 2.36. The van der Waals surface area contributed by atoms with Crippen molar-refractivity contribution in [1.29, 1.82) is 0 Å². The average molecular weight is 443 g/mol. The first kappa shape index (κ1) is 21.8. The minimum Gasteiger partial charge on any atom is -0.325 e. The molecule has 1 atom stereocenters. The minimum atomic E-state index is -0.448. The maximum absolute atomic E-state index is 13.3. The second-order valence-electron chi connectivity index (χ2n) is 7.57. The molecule has 1 amide bonds. The van der Waals surface area contributed by atoms with E-state index in [-0.39, 0.29) is 5.91 Å². The van der Waals surface area contributed by atoms with Gasteiger partial charge in [0.2, 0.25) is 5.91 Å². The smallest absolute Gasteiger partial charge is 0.242 e. The molecule has 0 aliphatic rings. The Balaban J connectivity index is 1.60. The van der Waals surface area contributed by atoms with Crippen molar-refractivity contribution in [3.63, 3.8) is 0 Å². The number of carbonyl (C=O) groups excluding carboxylic acids is 1. The summed E-state index contributed by atoms with van der Waals surface area (Å²) >= 11 is 1.43. The Morgan fingerprint density at radius 2 is 1.59 bits per heavy atom. The van der Waals surface area contributed by atoms with Crippen LogP contribution in [0.25, 0.3) is 0 Å². The lowest BCUT2D eigenvalue weighted by molar-refractivity contribution is -0.115. The van der Waals surface area contributed by atoms with Gasteiger partial charge in [0.25, 0.3) is 0 Å². The van der Waals surface area contributed by atoms with Crippen LogP contribution in [0.5, 0.6) is 0 Å². The normalized spacial score (nSPS) is 11.8. The van der Waals surface area contributed by atoms with Gasteiger partial charge < -0.3 is 9.88 Å². The van der Waals surface area contributed by atoms with Crippen LogP contribution in [-0.2, 0) is 17.8 Å². The fourth-order valence-corrected chi connectivity index (χ4v) is 4.60. The Hall–Kier alpha value is -3.38. The molecule has 1 heterocycles. The maximum Gasteiger partial charge on any atom is 0.242 e. The van der Waals surface area contributed by atoms with Crippen molar-refractivity contribution in [3.8, 4) is 0 Å². The summed E-state index contributed by atoms with van der Waals surface area (Å²) in [5, 5.41) is 12.2. The average Bonchev–Trinajstić information content (AvgIpc) is 3.21. The Kier molecular flexibility index (Phi) is 7.02. The van der Waals surface area contributed by atoms with Crippen LogP contribution in [0.3, 0.4) is 0 Å². The van der Waals surface area contributed by atoms with Gasteiger partial charge in [0.05, 0.1) is 0 Å². The molecule has 0 saturated carbocycles. The monoisotopic (exact) mass is 442 g/mol. The minimum absolute atomic E-state index is 0.0830. The van der Waals surface area contributed by atoms with Gasteiger partial charge in [-0.25, -0.2) is 0 Å². The fourth-order valence-electron chi connectivity index (χ4n) is 3.48. The molecular weight excluding hydrogens is 416 g/mol. The number of carbonyl (C=O) groups is 1. The molecule has 0 saturated heterocycles. The van der Waals surface area contributed by atoms with Crippen molar-refractivity contribution in [3.05, 3.63) is 107 Å². The van der Waals surface area contributed by atoms with E-state index >= 15 is 0 Å². The van der Waals surface area contributed by atoms with Crippen LogP contribution in [0.2, 0.25) is 0 Å². The fraction of sp³-hybridized carbons (Fsp3) is 0.192. The quantitative estimate of drug-likeness (QED) is 0.357. The maximum atomic E-state index is 13.3. The number of rotatable bonds is 8. The molecule has 0 radical (unpaired) electrons. The predicted octanol–water partition coefficient (Wildman–Crippen LogP) is 5.67. The van der Waals surface area contributed by atoms with E-state index in [1.165, 1.54) is 17.3 Å². The van der Waals surface area contributed by atoms with E-state index in [0.717, 1.165) is 34.3 Å². The number of aryl methyl sites for hydroxylation is 1. The van der Waals surface area contributed by atoms with E-state index in [1.54, 1.807) is 0 Å². The van der Waals surface area contributed by atoms with Crippen molar-refractivity contribution < 1.29 is 4.79 Å². The van der Waals surface area contributed by atoms with Crippen LogP contribution >= 0.6 is 11.8 Å². The van der Waals surface area contributed by atoms with E-state index in [0.29, 0.717) is 6.42 Å². The van der Waals surface area contributed by atoms with Crippen LogP contribution < -0.4 is 5.32 Å². The highest BCUT2D eigenvalue weighted by atomic mass is 32.2. The topological polar surface area (TPSA) is 59.8 Å². The molecule has 4 rings (SSSR count). The third kappa shape index (κ3) is 5.26. The predicted molar refractivity (Wildman–Crippen MR) is 130 cm³/mol. The van der Waals surface area contributed by atoms with Crippen LogP contribution in [0.1, 0.15) is 34.7 Å². The molecule has 0 fully saturated rings. The van der Waals surface area contributed by atoms with Crippen molar-refractivity contribution in [1.82, 2.24) is 14.8 Å². The summed E-state index contributed by atoms with van der Waals surface area (Å²) in [5.41, 5.74) is 4.04. The summed E-state index contributed by atoms with van der Waals surface area (Å²) in [5.74, 6) is 0.812. The SMILES string of the molecule is CCn1c(Cc2ccccc2)nnc1S[C@@H](C(=O)Nc1ccc(C)cc1)c1ccccc1. The molecule has 0 aliphatic heterocycles. The number of amides is 1. The summed E-state index contributed by atoms with van der Waals surface area (Å²) in [7, 11) is 0. The Labute approximate surface area is 192 Å². The van der Waals surface area contributed by atoms with Crippen molar-refractivity contribution >= 4 is 23.4 Å². The number of hydrogen-bond acceptors (Lipinski definition) is 4. The van der Waals surface area contributed by atoms with Crippen molar-refractivity contribution in [2.75, 3.05) is 5.32 Å². The number of nitrogens with zero attached hydrogens (tertiary/aromatic N) is 3. The number of benzene rings is 3. The van der Waals surface area contributed by atoms with Gasteiger partial charge in [-0.15, -0.1) is 10.2 Å². The third-order valence-corrected chi connectivity index (χ3v) is 6.43. The second-order valence-corrected chi connectivity index (χ2v) is 8.64. The summed E-state index contributed by atoms with van der Waals surface area (Å²) < 4.78 is 2.09. The molecule has 6 heteroatoms. The first-order valence-electron chi connectivity index (χ1n) is 10.7. The Morgan fingerprint density at radius 3 is 2.25 bits per heavy atom. The molecule has 0 aliphatic carbocycles. The highest BCUT2D eigenvalue weighted by molar-refractivity contribution is 8.00. The number of nitrogens with one attached hydrogen (secondary N) is 1. The lowest BCUT2D eigenvalue weighted by Gasteiger charge is -2.17. The lowest BCUT2D eigenvalue weighted by atomic mass is 10.1. The van der Waals surface area contributed by atoms with E-state index in [9.17, 15) is 4.79 Å². The standard InChI is InChI=1S/C26H26N4OS/c1-3-30-23(18-20-10-6-4-7-11-20)28-29-26(30)32-24(21-12-8-5-9-13-21)25(31)27-22-16-14-19(2)15-17-22/h4-17,24H,3,18H2,1-2H3,(H,27,31)/t24-/m1/s1. The number of aromatic nitrogens is 3. The first-order valence-corrected chi connectivity index (χ1v) is 11.6. The summed E-state index contributed by atoms with van der Waals surface area (Å²) in [6, 6.07) is 27.9. The second kappa shape index (κ2) is 10.3. The third-order valence-electron chi connectivity index (χ3n) is 5.20. The van der Waals surface area contributed by atoms with Gasteiger partial charge in [0, 0.05) is 18.7 Å². The van der Waals surface area contributed by atoms with Crippen LogP contribution in [-0.4, -0.2) is 20.7 Å². The van der Waals surface area contributed by atoms with Gasteiger partial charge in [0.1, 0.15) is 11.1 Å². The Morgan fingerprint density at radius 1 is 0.938 bits per heavy atom. The summed E-state index contributed by atoms with van der Waals surface area (Å²) in [6.07, 6.45) is 0.702. The van der Waals surface area contributed by atoms with Gasteiger partial charge >= 0.3 is 0 Å². The highest BCUT2D eigenvalue weighted by Gasteiger charge is 2.25.